The average Bonchev–Trinajstić information content (AvgIpc) is 3.70. The van der Waals surface area contributed by atoms with E-state index in [9.17, 15) is 19.5 Å². The van der Waals surface area contributed by atoms with Crippen molar-refractivity contribution in [3.63, 3.8) is 0 Å². The summed E-state index contributed by atoms with van der Waals surface area (Å²) in [6.07, 6.45) is 4.53. The van der Waals surface area contributed by atoms with Gasteiger partial charge in [-0.25, -0.2) is 0 Å². The van der Waals surface area contributed by atoms with Crippen LogP contribution in [0.2, 0.25) is 0 Å². The monoisotopic (exact) mass is 614 g/mol. The maximum absolute atomic E-state index is 13.2. The number of nitrogens with zero attached hydrogens (tertiary/aromatic N) is 1. The molecule has 0 spiro atoms. The number of benzene rings is 1. The fourth-order valence-corrected chi connectivity index (χ4v) is 5.06. The van der Waals surface area contributed by atoms with Crippen molar-refractivity contribution in [2.75, 3.05) is 26.8 Å². The van der Waals surface area contributed by atoms with Gasteiger partial charge in [-0.05, 0) is 66.0 Å². The van der Waals surface area contributed by atoms with Crippen molar-refractivity contribution in [2.24, 2.45) is 5.92 Å². The molecule has 0 aromatic heterocycles. The van der Waals surface area contributed by atoms with Crippen LogP contribution < -0.4 is 14.8 Å². The highest BCUT2D eigenvalue weighted by atomic mass is 127. The van der Waals surface area contributed by atoms with Crippen molar-refractivity contribution in [3.05, 3.63) is 32.9 Å². The number of hydrogen-bond donors (Lipinski definition) is 3. The summed E-state index contributed by atoms with van der Waals surface area (Å²) in [7, 11) is 1.46. The predicted octanol–water partition coefficient (Wildman–Crippen LogP) is 2.46. The first-order chi connectivity index (χ1) is 17.3. The van der Waals surface area contributed by atoms with Gasteiger partial charge >= 0.3 is 0 Å². The number of halogens is 1. The van der Waals surface area contributed by atoms with Gasteiger partial charge in [0.15, 0.2) is 11.5 Å². The standard InChI is InChI=1S/C26H35IN2O7/c1-3-4-5-23(32)29(14-16-6-7-16)20-12-18(26(34)28-8-9-30)13-21(24(20)33)36-25-19(27)10-17(15-31)11-22(25)35-2/h10-11,13,15-16,20-21,24,30,33H,3-9,12,14H2,1-2H3,(H,28,34)/t20-,21+,24+/m1/s1. The number of carbonyl (C=O) groups excluding carboxylic acids is 3. The van der Waals surface area contributed by atoms with Crippen LogP contribution in [0, 0.1) is 9.49 Å². The average molecular weight is 614 g/mol. The summed E-state index contributed by atoms with van der Waals surface area (Å²) in [6.45, 7) is 2.45. The molecule has 0 aliphatic heterocycles. The molecular formula is C26H35IN2O7. The predicted molar refractivity (Wildman–Crippen MR) is 142 cm³/mol. The van der Waals surface area contributed by atoms with Crippen LogP contribution >= 0.6 is 22.6 Å². The first kappa shape index (κ1) is 28.4. The lowest BCUT2D eigenvalue weighted by Crippen LogP contribution is -2.55. The second-order valence-electron chi connectivity index (χ2n) is 9.26. The molecule has 3 rings (SSSR count). The highest BCUT2D eigenvalue weighted by Crippen LogP contribution is 2.38. The van der Waals surface area contributed by atoms with Gasteiger partial charge in [-0.3, -0.25) is 14.4 Å². The van der Waals surface area contributed by atoms with E-state index in [0.29, 0.717) is 51.4 Å². The van der Waals surface area contributed by atoms with Gasteiger partial charge in [-0.2, -0.15) is 0 Å². The van der Waals surface area contributed by atoms with E-state index >= 15 is 0 Å². The molecule has 0 bridgehead atoms. The molecule has 2 aliphatic rings. The number of amides is 2. The van der Waals surface area contributed by atoms with Gasteiger partial charge in [0.25, 0.3) is 0 Å². The van der Waals surface area contributed by atoms with Gasteiger partial charge in [0, 0.05) is 37.1 Å². The van der Waals surface area contributed by atoms with E-state index in [0.717, 1.165) is 25.7 Å². The molecule has 198 valence electrons. The zero-order valence-electron chi connectivity index (χ0n) is 20.7. The van der Waals surface area contributed by atoms with Crippen molar-refractivity contribution < 1.29 is 34.1 Å². The van der Waals surface area contributed by atoms with Crippen LogP contribution in [0.1, 0.15) is 55.8 Å². The molecule has 1 aromatic rings. The number of aldehydes is 1. The number of nitrogens with one attached hydrogen (secondary N) is 1. The van der Waals surface area contributed by atoms with Crippen molar-refractivity contribution in [1.29, 1.82) is 0 Å². The van der Waals surface area contributed by atoms with Crippen molar-refractivity contribution in [2.45, 2.75) is 63.7 Å². The van der Waals surface area contributed by atoms with Crippen LogP contribution in [-0.4, -0.2) is 78.3 Å². The van der Waals surface area contributed by atoms with E-state index in [1.807, 2.05) is 29.5 Å². The first-order valence-corrected chi connectivity index (χ1v) is 13.5. The van der Waals surface area contributed by atoms with Crippen LogP contribution in [0.25, 0.3) is 0 Å². The number of methoxy groups -OCH3 is 1. The third-order valence-electron chi connectivity index (χ3n) is 6.47. The zero-order chi connectivity index (χ0) is 26.2. The molecule has 10 heteroatoms. The van der Waals surface area contributed by atoms with Crippen molar-refractivity contribution in [1.82, 2.24) is 10.2 Å². The lowest BCUT2D eigenvalue weighted by atomic mass is 9.87. The maximum atomic E-state index is 13.2. The normalized spacial score (nSPS) is 21.4. The second-order valence-corrected chi connectivity index (χ2v) is 10.4. The van der Waals surface area contributed by atoms with Gasteiger partial charge < -0.3 is 29.9 Å². The Kier molecular flexibility index (Phi) is 10.6. The number of aliphatic hydroxyl groups is 2. The molecule has 0 unspecified atom stereocenters. The lowest BCUT2D eigenvalue weighted by Gasteiger charge is -2.41. The minimum Gasteiger partial charge on any atom is -0.493 e. The van der Waals surface area contributed by atoms with Crippen LogP contribution in [0.15, 0.2) is 23.8 Å². The van der Waals surface area contributed by atoms with Crippen LogP contribution in [-0.2, 0) is 9.59 Å². The highest BCUT2D eigenvalue weighted by molar-refractivity contribution is 14.1. The molecule has 3 atom stereocenters. The van der Waals surface area contributed by atoms with Crippen LogP contribution in [0.5, 0.6) is 11.5 Å². The minimum absolute atomic E-state index is 0.0361. The summed E-state index contributed by atoms with van der Waals surface area (Å²) >= 11 is 2.03. The summed E-state index contributed by atoms with van der Waals surface area (Å²) < 4.78 is 12.3. The van der Waals surface area contributed by atoms with E-state index in [1.54, 1.807) is 23.1 Å². The van der Waals surface area contributed by atoms with Gasteiger partial charge in [-0.1, -0.05) is 13.3 Å². The molecule has 2 aliphatic carbocycles. The molecule has 1 aromatic carbocycles. The molecule has 1 fully saturated rings. The van der Waals surface area contributed by atoms with E-state index in [1.165, 1.54) is 7.11 Å². The Bertz CT molecular complexity index is 979. The summed E-state index contributed by atoms with van der Waals surface area (Å²) in [6, 6.07) is 2.55. The molecular weight excluding hydrogens is 579 g/mol. The number of aliphatic hydroxyl groups excluding tert-OH is 2. The van der Waals surface area contributed by atoms with Gasteiger partial charge in [-0.15, -0.1) is 0 Å². The third kappa shape index (κ3) is 7.19. The van der Waals surface area contributed by atoms with Crippen LogP contribution in [0.3, 0.4) is 0 Å². The Hall–Kier alpha value is -2.18. The summed E-state index contributed by atoms with van der Waals surface area (Å²) in [4.78, 5) is 39.1. The number of hydrogen-bond acceptors (Lipinski definition) is 7. The van der Waals surface area contributed by atoms with E-state index in [2.05, 4.69) is 5.32 Å². The topological polar surface area (TPSA) is 125 Å². The quantitative estimate of drug-likeness (QED) is 0.230. The highest BCUT2D eigenvalue weighted by Gasteiger charge is 2.42. The molecule has 1 saturated carbocycles. The third-order valence-corrected chi connectivity index (χ3v) is 7.27. The summed E-state index contributed by atoms with van der Waals surface area (Å²) in [5.74, 6) is 0.653. The number of unbranched alkanes of at least 4 members (excludes halogenated alkanes) is 1. The molecule has 2 amide bonds. The summed E-state index contributed by atoms with van der Waals surface area (Å²) in [5, 5.41) is 23.3. The van der Waals surface area contributed by atoms with Crippen LogP contribution in [0.4, 0.5) is 0 Å². The molecule has 0 heterocycles. The first-order valence-electron chi connectivity index (χ1n) is 12.4. The number of ether oxygens (including phenoxy) is 2. The van der Waals surface area contributed by atoms with E-state index < -0.39 is 18.2 Å². The lowest BCUT2D eigenvalue weighted by molar-refractivity contribution is -0.139. The molecule has 3 N–H and O–H groups in total. The Morgan fingerprint density at radius 1 is 1.31 bits per heavy atom. The van der Waals surface area contributed by atoms with Crippen molar-refractivity contribution in [3.8, 4) is 11.5 Å². The Labute approximate surface area is 225 Å². The molecule has 9 nitrogen and oxygen atoms in total. The maximum Gasteiger partial charge on any atom is 0.247 e. The van der Waals surface area contributed by atoms with Crippen molar-refractivity contribution >= 4 is 40.7 Å². The van der Waals surface area contributed by atoms with Gasteiger partial charge in [0.2, 0.25) is 11.8 Å². The smallest absolute Gasteiger partial charge is 0.247 e. The molecule has 0 saturated heterocycles. The number of carbonyl (C=O) groups is 3. The number of rotatable bonds is 13. The second kappa shape index (κ2) is 13.4. The molecule has 36 heavy (non-hydrogen) atoms. The largest absolute Gasteiger partial charge is 0.493 e. The fourth-order valence-electron chi connectivity index (χ4n) is 4.31. The minimum atomic E-state index is -1.09. The Balaban J connectivity index is 1.96. The van der Waals surface area contributed by atoms with E-state index in [4.69, 9.17) is 14.6 Å². The zero-order valence-corrected chi connectivity index (χ0v) is 22.9. The Morgan fingerprint density at radius 2 is 2.06 bits per heavy atom. The van der Waals surface area contributed by atoms with Gasteiger partial charge in [0.05, 0.1) is 23.3 Å². The van der Waals surface area contributed by atoms with E-state index in [-0.39, 0.29) is 31.4 Å². The molecule has 0 radical (unpaired) electrons. The van der Waals surface area contributed by atoms with Gasteiger partial charge in [0.1, 0.15) is 18.5 Å². The SMILES string of the molecule is CCCCC(=O)N(CC1CC1)[C@@H]1CC(C(=O)NCCO)=C[C@H](Oc2c(I)cc(C=O)cc2OC)[C@H]1O. The summed E-state index contributed by atoms with van der Waals surface area (Å²) in [5.41, 5.74) is 0.800. The fraction of sp³-hybridized carbons (Fsp3) is 0.577. The Morgan fingerprint density at radius 3 is 2.67 bits per heavy atom.